The molecule has 0 aliphatic rings. The van der Waals surface area contributed by atoms with Crippen LogP contribution in [-0.4, -0.2) is 10.2 Å². The average molecular weight is 229 g/mol. The van der Waals surface area contributed by atoms with Crippen LogP contribution in [0.4, 0.5) is 0 Å². The van der Waals surface area contributed by atoms with Crippen molar-refractivity contribution in [2.75, 3.05) is 0 Å². The van der Waals surface area contributed by atoms with E-state index in [-0.39, 0.29) is 0 Å². The van der Waals surface area contributed by atoms with Gasteiger partial charge in [-0.3, -0.25) is 0 Å². The number of aromatic nitrogens is 2. The van der Waals surface area contributed by atoms with Gasteiger partial charge in [0, 0.05) is 12.1 Å². The molecule has 0 saturated heterocycles. The van der Waals surface area contributed by atoms with Crippen molar-refractivity contribution >= 4 is 0 Å². The molecule has 0 bridgehead atoms. The van der Waals surface area contributed by atoms with Gasteiger partial charge in [-0.05, 0) is 31.5 Å². The predicted molar refractivity (Wildman–Crippen MR) is 65.9 cm³/mol. The zero-order valence-electron chi connectivity index (χ0n) is 9.97. The molecule has 0 spiro atoms. The molecule has 0 amide bonds. The molecular weight excluding hydrogens is 214 g/mol. The van der Waals surface area contributed by atoms with Crippen molar-refractivity contribution in [3.63, 3.8) is 0 Å². The summed E-state index contributed by atoms with van der Waals surface area (Å²) >= 11 is 0. The van der Waals surface area contributed by atoms with Crippen LogP contribution in [0.1, 0.15) is 16.8 Å². The molecule has 0 aliphatic heterocycles. The fourth-order valence-corrected chi connectivity index (χ4v) is 1.56. The minimum atomic E-state index is 0.393. The first-order valence-corrected chi connectivity index (χ1v) is 5.48. The van der Waals surface area contributed by atoms with Gasteiger partial charge in [-0.25, -0.2) is 0 Å². The van der Waals surface area contributed by atoms with Crippen molar-refractivity contribution in [1.82, 2.24) is 10.2 Å². The molecule has 0 saturated carbocycles. The summed E-state index contributed by atoms with van der Waals surface area (Å²) in [6, 6.07) is 9.50. The lowest BCUT2D eigenvalue weighted by Gasteiger charge is -2.11. The third-order valence-electron chi connectivity index (χ3n) is 2.71. The normalized spacial score (nSPS) is 10.3. The van der Waals surface area contributed by atoms with Gasteiger partial charge in [0.1, 0.15) is 5.75 Å². The molecule has 17 heavy (non-hydrogen) atoms. The fourth-order valence-electron chi connectivity index (χ4n) is 1.56. The molecule has 0 aliphatic carbocycles. The molecule has 0 atom stereocenters. The quantitative estimate of drug-likeness (QED) is 0.877. The number of benzene rings is 1. The summed E-state index contributed by atoms with van der Waals surface area (Å²) in [4.78, 5) is 0. The summed E-state index contributed by atoms with van der Waals surface area (Å²) in [5, 5.41) is 8.11. The molecule has 2 aromatic rings. The van der Waals surface area contributed by atoms with Crippen LogP contribution in [0.15, 0.2) is 30.3 Å². The van der Waals surface area contributed by atoms with E-state index >= 15 is 0 Å². The SMILES string of the molecule is Cc1nnc(Oc2ccccc2)c(CN)c1C. The third-order valence-corrected chi connectivity index (χ3v) is 2.71. The monoisotopic (exact) mass is 229 g/mol. The molecule has 2 rings (SSSR count). The van der Waals surface area contributed by atoms with Gasteiger partial charge in [0.05, 0.1) is 5.69 Å². The van der Waals surface area contributed by atoms with E-state index in [0.29, 0.717) is 12.4 Å². The second kappa shape index (κ2) is 4.93. The van der Waals surface area contributed by atoms with E-state index in [0.717, 1.165) is 22.6 Å². The fraction of sp³-hybridized carbons (Fsp3) is 0.231. The maximum atomic E-state index is 5.73. The van der Waals surface area contributed by atoms with Crippen LogP contribution in [0.2, 0.25) is 0 Å². The van der Waals surface area contributed by atoms with Gasteiger partial charge in [0.25, 0.3) is 0 Å². The van der Waals surface area contributed by atoms with Crippen molar-refractivity contribution in [2.24, 2.45) is 5.73 Å². The summed E-state index contributed by atoms with van der Waals surface area (Å²) in [6.07, 6.45) is 0. The van der Waals surface area contributed by atoms with Gasteiger partial charge in [0.2, 0.25) is 5.88 Å². The third kappa shape index (κ3) is 2.42. The highest BCUT2D eigenvalue weighted by Gasteiger charge is 2.11. The molecule has 0 unspecified atom stereocenters. The van der Waals surface area contributed by atoms with Gasteiger partial charge >= 0.3 is 0 Å². The number of rotatable bonds is 3. The molecule has 1 aromatic heterocycles. The number of para-hydroxylation sites is 1. The number of hydrogen-bond acceptors (Lipinski definition) is 4. The Morgan fingerprint density at radius 1 is 1.12 bits per heavy atom. The summed E-state index contributed by atoms with van der Waals surface area (Å²) in [5.41, 5.74) is 8.55. The second-order valence-corrected chi connectivity index (χ2v) is 3.81. The zero-order valence-corrected chi connectivity index (χ0v) is 9.97. The first-order chi connectivity index (χ1) is 8.22. The van der Waals surface area contributed by atoms with Gasteiger partial charge in [-0.1, -0.05) is 18.2 Å². The Balaban J connectivity index is 2.37. The average Bonchev–Trinajstić information content (AvgIpc) is 2.36. The molecule has 0 fully saturated rings. The Kier molecular flexibility index (Phi) is 3.35. The summed E-state index contributed by atoms with van der Waals surface area (Å²) in [6.45, 7) is 4.28. The molecule has 4 heteroatoms. The first kappa shape index (κ1) is 11.5. The van der Waals surface area contributed by atoms with Crippen LogP contribution >= 0.6 is 0 Å². The Labute approximate surface area is 100 Å². The van der Waals surface area contributed by atoms with E-state index in [1.807, 2.05) is 44.2 Å². The molecule has 1 heterocycles. The summed E-state index contributed by atoms with van der Waals surface area (Å²) in [5.74, 6) is 1.22. The van der Waals surface area contributed by atoms with E-state index in [2.05, 4.69) is 10.2 Å². The Bertz CT molecular complexity index is 512. The van der Waals surface area contributed by atoms with Crippen molar-refractivity contribution in [2.45, 2.75) is 20.4 Å². The van der Waals surface area contributed by atoms with Crippen LogP contribution in [0.3, 0.4) is 0 Å². The molecular formula is C13H15N3O. The molecule has 1 aromatic carbocycles. The minimum absolute atomic E-state index is 0.393. The van der Waals surface area contributed by atoms with Crippen LogP contribution in [0, 0.1) is 13.8 Å². The maximum absolute atomic E-state index is 5.73. The highest BCUT2D eigenvalue weighted by atomic mass is 16.5. The van der Waals surface area contributed by atoms with Crippen molar-refractivity contribution in [3.8, 4) is 11.6 Å². The number of hydrogen-bond donors (Lipinski definition) is 1. The number of aryl methyl sites for hydroxylation is 1. The largest absolute Gasteiger partial charge is 0.437 e. The number of nitrogens with two attached hydrogens (primary N) is 1. The van der Waals surface area contributed by atoms with E-state index < -0.39 is 0 Å². The summed E-state index contributed by atoms with van der Waals surface area (Å²) < 4.78 is 5.68. The van der Waals surface area contributed by atoms with Crippen molar-refractivity contribution in [1.29, 1.82) is 0 Å². The van der Waals surface area contributed by atoms with Crippen LogP contribution in [0.5, 0.6) is 11.6 Å². The topological polar surface area (TPSA) is 61.0 Å². The summed E-state index contributed by atoms with van der Waals surface area (Å²) in [7, 11) is 0. The van der Waals surface area contributed by atoms with E-state index in [1.54, 1.807) is 0 Å². The standard InChI is InChI=1S/C13H15N3O/c1-9-10(2)15-16-13(12(9)8-14)17-11-6-4-3-5-7-11/h3-7H,8,14H2,1-2H3. The molecule has 0 radical (unpaired) electrons. The highest BCUT2D eigenvalue weighted by Crippen LogP contribution is 2.25. The smallest absolute Gasteiger partial charge is 0.243 e. The zero-order chi connectivity index (χ0) is 12.3. The lowest BCUT2D eigenvalue weighted by molar-refractivity contribution is 0.446. The van der Waals surface area contributed by atoms with E-state index in [4.69, 9.17) is 10.5 Å². The number of nitrogens with zero attached hydrogens (tertiary/aromatic N) is 2. The second-order valence-electron chi connectivity index (χ2n) is 3.81. The molecule has 88 valence electrons. The lowest BCUT2D eigenvalue weighted by Crippen LogP contribution is -2.07. The van der Waals surface area contributed by atoms with E-state index in [1.165, 1.54) is 0 Å². The van der Waals surface area contributed by atoms with Gasteiger partial charge < -0.3 is 10.5 Å². The van der Waals surface area contributed by atoms with Gasteiger partial charge in [0.15, 0.2) is 0 Å². The predicted octanol–water partition coefficient (Wildman–Crippen LogP) is 2.34. The Hall–Kier alpha value is -1.94. The lowest BCUT2D eigenvalue weighted by atomic mass is 10.1. The maximum Gasteiger partial charge on any atom is 0.243 e. The van der Waals surface area contributed by atoms with Crippen molar-refractivity contribution in [3.05, 3.63) is 47.2 Å². The van der Waals surface area contributed by atoms with E-state index in [9.17, 15) is 0 Å². The minimum Gasteiger partial charge on any atom is -0.437 e. The van der Waals surface area contributed by atoms with Crippen LogP contribution in [-0.2, 0) is 6.54 Å². The number of ether oxygens (including phenoxy) is 1. The van der Waals surface area contributed by atoms with Crippen LogP contribution < -0.4 is 10.5 Å². The first-order valence-electron chi connectivity index (χ1n) is 5.48. The van der Waals surface area contributed by atoms with Crippen molar-refractivity contribution < 1.29 is 4.74 Å². The van der Waals surface area contributed by atoms with Crippen LogP contribution in [0.25, 0.3) is 0 Å². The molecule has 2 N–H and O–H groups in total. The highest BCUT2D eigenvalue weighted by molar-refractivity contribution is 5.37. The van der Waals surface area contributed by atoms with Gasteiger partial charge in [-0.15, -0.1) is 5.10 Å². The Morgan fingerprint density at radius 2 is 1.82 bits per heavy atom. The molecule has 4 nitrogen and oxygen atoms in total. The Morgan fingerprint density at radius 3 is 2.47 bits per heavy atom. The van der Waals surface area contributed by atoms with Gasteiger partial charge in [-0.2, -0.15) is 5.10 Å².